The van der Waals surface area contributed by atoms with Gasteiger partial charge >= 0.3 is 0 Å². The first-order valence-electron chi connectivity index (χ1n) is 8.93. The molecule has 0 aromatic heterocycles. The lowest BCUT2D eigenvalue weighted by molar-refractivity contribution is -0.120. The number of rotatable bonds is 5. The molecular weight excluding hydrogens is 381 g/mol. The van der Waals surface area contributed by atoms with E-state index in [1.807, 2.05) is 0 Å². The quantitative estimate of drug-likeness (QED) is 0.804. The third-order valence-electron chi connectivity index (χ3n) is 4.64. The lowest BCUT2D eigenvalue weighted by Crippen LogP contribution is -2.35. The molecule has 148 valence electrons. The number of carbonyl (C=O) groups excluding carboxylic acids is 1. The average molecular weight is 403 g/mol. The molecule has 0 spiro atoms. The van der Waals surface area contributed by atoms with Crippen molar-refractivity contribution in [1.82, 2.24) is 4.72 Å². The summed E-state index contributed by atoms with van der Waals surface area (Å²) in [4.78, 5) is 16.9. The van der Waals surface area contributed by atoms with Crippen molar-refractivity contribution < 1.29 is 17.6 Å². The minimum absolute atomic E-state index is 0.0172. The summed E-state index contributed by atoms with van der Waals surface area (Å²) >= 11 is 0. The van der Waals surface area contributed by atoms with Gasteiger partial charge in [0.25, 0.3) is 10.0 Å². The van der Waals surface area contributed by atoms with Crippen molar-refractivity contribution >= 4 is 27.5 Å². The van der Waals surface area contributed by atoms with Crippen molar-refractivity contribution in [3.63, 3.8) is 0 Å². The Bertz CT molecular complexity index is 1030. The van der Waals surface area contributed by atoms with Crippen LogP contribution in [-0.2, 0) is 20.2 Å². The van der Waals surface area contributed by atoms with Crippen LogP contribution in [0.4, 0.5) is 10.1 Å². The summed E-state index contributed by atoms with van der Waals surface area (Å²) in [5.41, 5.74) is -0.570. The Hall–Kier alpha value is -2.74. The fourth-order valence-electron chi connectivity index (χ4n) is 2.96. The van der Waals surface area contributed by atoms with Gasteiger partial charge in [-0.15, -0.1) is 0 Å². The predicted octanol–water partition coefficient (Wildman–Crippen LogP) is 3.21. The molecular formula is C20H22FN3O3S. The highest BCUT2D eigenvalue weighted by Crippen LogP contribution is 2.28. The molecule has 0 fully saturated rings. The molecule has 3 rings (SSSR count). The van der Waals surface area contributed by atoms with Gasteiger partial charge in [0.15, 0.2) is 0 Å². The molecule has 28 heavy (non-hydrogen) atoms. The Morgan fingerprint density at radius 2 is 1.89 bits per heavy atom. The predicted molar refractivity (Wildman–Crippen MR) is 106 cm³/mol. The lowest BCUT2D eigenvalue weighted by atomic mass is 9.83. The van der Waals surface area contributed by atoms with Gasteiger partial charge in [-0.2, -0.15) is 0 Å². The maximum Gasteiger partial charge on any atom is 0.262 e. The SMILES string of the molecule is CC(C)(C(=O)Nc1cccc(S(=O)(=O)NC2=NCCC2)c1)c1ccccc1F. The number of amidine groups is 1. The van der Waals surface area contributed by atoms with Gasteiger partial charge in [-0.25, -0.2) is 12.8 Å². The number of benzene rings is 2. The van der Waals surface area contributed by atoms with E-state index in [0.29, 0.717) is 24.5 Å². The molecule has 0 unspecified atom stereocenters. The van der Waals surface area contributed by atoms with Gasteiger partial charge in [0.05, 0.1) is 10.3 Å². The standard InChI is InChI=1S/C20H22FN3O3S/c1-20(2,16-9-3-4-10-17(16)21)19(25)23-14-7-5-8-15(13-14)28(26,27)24-18-11-6-12-22-18/h3-5,7-10,13H,6,11-12H2,1-2H3,(H,22,24)(H,23,25). The molecule has 0 saturated carbocycles. The van der Waals surface area contributed by atoms with Crippen LogP contribution < -0.4 is 10.0 Å². The Labute approximate surface area is 163 Å². The third-order valence-corrected chi connectivity index (χ3v) is 6.02. The first-order valence-corrected chi connectivity index (χ1v) is 10.4. The summed E-state index contributed by atoms with van der Waals surface area (Å²) in [6.45, 7) is 3.83. The van der Waals surface area contributed by atoms with Crippen LogP contribution in [0.5, 0.6) is 0 Å². The smallest absolute Gasteiger partial charge is 0.262 e. The van der Waals surface area contributed by atoms with Crippen molar-refractivity contribution in [2.24, 2.45) is 4.99 Å². The van der Waals surface area contributed by atoms with Crippen molar-refractivity contribution in [1.29, 1.82) is 0 Å². The molecule has 6 nitrogen and oxygen atoms in total. The minimum Gasteiger partial charge on any atom is -0.325 e. The highest BCUT2D eigenvalue weighted by molar-refractivity contribution is 7.90. The number of carbonyl (C=O) groups is 1. The van der Waals surface area contributed by atoms with E-state index in [4.69, 9.17) is 0 Å². The number of nitrogens with one attached hydrogen (secondary N) is 2. The van der Waals surface area contributed by atoms with Crippen LogP contribution in [-0.4, -0.2) is 26.7 Å². The van der Waals surface area contributed by atoms with Gasteiger partial charge < -0.3 is 5.32 Å². The summed E-state index contributed by atoms with van der Waals surface area (Å²) in [5.74, 6) is -0.476. The molecule has 0 radical (unpaired) electrons. The first kappa shape index (κ1) is 20.0. The van der Waals surface area contributed by atoms with Crippen molar-refractivity contribution in [3.8, 4) is 0 Å². The van der Waals surface area contributed by atoms with Crippen LogP contribution in [0.15, 0.2) is 58.4 Å². The second-order valence-corrected chi connectivity index (χ2v) is 8.81. The molecule has 0 bridgehead atoms. The second kappa shape index (κ2) is 7.71. The molecule has 1 amide bonds. The zero-order valence-electron chi connectivity index (χ0n) is 15.7. The number of hydrogen-bond acceptors (Lipinski definition) is 4. The number of aliphatic imine (C=N–C) groups is 1. The largest absolute Gasteiger partial charge is 0.325 e. The molecule has 2 N–H and O–H groups in total. The van der Waals surface area contributed by atoms with E-state index in [2.05, 4.69) is 15.0 Å². The number of hydrogen-bond donors (Lipinski definition) is 2. The van der Waals surface area contributed by atoms with E-state index >= 15 is 0 Å². The van der Waals surface area contributed by atoms with Gasteiger partial charge in [-0.3, -0.25) is 14.5 Å². The Morgan fingerprint density at radius 1 is 1.14 bits per heavy atom. The van der Waals surface area contributed by atoms with E-state index in [0.717, 1.165) is 6.42 Å². The monoisotopic (exact) mass is 403 g/mol. The third kappa shape index (κ3) is 4.22. The van der Waals surface area contributed by atoms with Crippen LogP contribution in [0.25, 0.3) is 0 Å². The average Bonchev–Trinajstić information content (AvgIpc) is 3.14. The summed E-state index contributed by atoms with van der Waals surface area (Å²) in [6, 6.07) is 12.0. The topological polar surface area (TPSA) is 87.6 Å². The summed E-state index contributed by atoms with van der Waals surface area (Å²) < 4.78 is 41.7. The van der Waals surface area contributed by atoms with Crippen molar-refractivity contribution in [3.05, 3.63) is 59.9 Å². The summed E-state index contributed by atoms with van der Waals surface area (Å²) in [7, 11) is -3.79. The first-order chi connectivity index (χ1) is 13.2. The lowest BCUT2D eigenvalue weighted by Gasteiger charge is -2.24. The van der Waals surface area contributed by atoms with Crippen LogP contribution in [0.1, 0.15) is 32.3 Å². The summed E-state index contributed by atoms with van der Waals surface area (Å²) in [6.07, 6.45) is 1.41. The molecule has 8 heteroatoms. The molecule has 0 aliphatic carbocycles. The number of halogens is 1. The van der Waals surface area contributed by atoms with E-state index < -0.39 is 27.2 Å². The zero-order valence-corrected chi connectivity index (χ0v) is 16.5. The zero-order chi connectivity index (χ0) is 20.4. The van der Waals surface area contributed by atoms with Gasteiger partial charge in [-0.1, -0.05) is 24.3 Å². The minimum atomic E-state index is -3.79. The number of nitrogens with zero attached hydrogens (tertiary/aromatic N) is 1. The fourth-order valence-corrected chi connectivity index (χ4v) is 4.09. The number of amides is 1. The number of sulfonamides is 1. The molecule has 2 aromatic carbocycles. The Morgan fingerprint density at radius 3 is 2.57 bits per heavy atom. The second-order valence-electron chi connectivity index (χ2n) is 7.12. The molecule has 2 aromatic rings. The van der Waals surface area contributed by atoms with E-state index in [-0.39, 0.29) is 10.5 Å². The van der Waals surface area contributed by atoms with Crippen molar-refractivity contribution in [2.45, 2.75) is 37.0 Å². The highest BCUT2D eigenvalue weighted by Gasteiger charge is 2.32. The molecule has 0 atom stereocenters. The highest BCUT2D eigenvalue weighted by atomic mass is 32.2. The molecule has 1 heterocycles. The molecule has 1 aliphatic rings. The van der Waals surface area contributed by atoms with Crippen LogP contribution in [0.2, 0.25) is 0 Å². The van der Waals surface area contributed by atoms with Gasteiger partial charge in [0, 0.05) is 24.2 Å². The van der Waals surface area contributed by atoms with Crippen molar-refractivity contribution in [2.75, 3.05) is 11.9 Å². The molecule has 0 saturated heterocycles. The molecule has 1 aliphatic heterocycles. The Balaban J connectivity index is 1.81. The van der Waals surface area contributed by atoms with E-state index in [1.54, 1.807) is 38.1 Å². The van der Waals surface area contributed by atoms with Gasteiger partial charge in [0.2, 0.25) is 5.91 Å². The maximum atomic E-state index is 14.1. The van der Waals surface area contributed by atoms with E-state index in [1.165, 1.54) is 24.3 Å². The number of anilines is 1. The van der Waals surface area contributed by atoms with Crippen LogP contribution in [0.3, 0.4) is 0 Å². The normalized spacial score (nSPS) is 14.5. The van der Waals surface area contributed by atoms with E-state index in [9.17, 15) is 17.6 Å². The van der Waals surface area contributed by atoms with Crippen LogP contribution >= 0.6 is 0 Å². The van der Waals surface area contributed by atoms with Gasteiger partial charge in [0.1, 0.15) is 11.7 Å². The maximum absolute atomic E-state index is 14.1. The van der Waals surface area contributed by atoms with Crippen LogP contribution in [0, 0.1) is 5.82 Å². The fraction of sp³-hybridized carbons (Fsp3) is 0.300. The Kier molecular flexibility index (Phi) is 5.51. The van der Waals surface area contributed by atoms with Gasteiger partial charge in [-0.05, 0) is 44.5 Å². The summed E-state index contributed by atoms with van der Waals surface area (Å²) in [5, 5.41) is 2.69.